The molecule has 2 heterocycles. The first-order valence-corrected chi connectivity index (χ1v) is 12.2. The maximum atomic E-state index is 11.6. The summed E-state index contributed by atoms with van der Waals surface area (Å²) in [6.07, 6.45) is 2.46. The average molecular weight is 464 g/mol. The zero-order valence-corrected chi connectivity index (χ0v) is 19.9. The molecular formula is C25H25N3O2S2. The summed E-state index contributed by atoms with van der Waals surface area (Å²) in [6.45, 7) is 7.04. The Balaban J connectivity index is 1.51. The van der Waals surface area contributed by atoms with E-state index in [1.54, 1.807) is 30.2 Å². The monoisotopic (exact) mass is 463 g/mol. The highest BCUT2D eigenvalue weighted by Crippen LogP contribution is 2.32. The van der Waals surface area contributed by atoms with Crippen LogP contribution in [0.4, 0.5) is 5.82 Å². The minimum atomic E-state index is -0.916. The Bertz CT molecular complexity index is 1270. The maximum Gasteiger partial charge on any atom is 0.336 e. The third kappa shape index (κ3) is 4.95. The van der Waals surface area contributed by atoms with Crippen molar-refractivity contribution in [3.63, 3.8) is 0 Å². The predicted octanol–water partition coefficient (Wildman–Crippen LogP) is 6.52. The number of anilines is 1. The van der Waals surface area contributed by atoms with Crippen molar-refractivity contribution in [1.82, 2.24) is 9.97 Å². The SMILES string of the molecule is Cc1sc2ccccc2c1CCNc1cc(-c2ccc(C(=O)O)c(SC(C)C)c2)ncn1. The van der Waals surface area contributed by atoms with Gasteiger partial charge in [-0.1, -0.05) is 38.1 Å². The normalized spacial score (nSPS) is 11.2. The van der Waals surface area contributed by atoms with E-state index < -0.39 is 5.97 Å². The van der Waals surface area contributed by atoms with Crippen molar-refractivity contribution in [2.45, 2.75) is 37.3 Å². The van der Waals surface area contributed by atoms with Gasteiger partial charge < -0.3 is 10.4 Å². The molecule has 164 valence electrons. The molecule has 0 spiro atoms. The summed E-state index contributed by atoms with van der Waals surface area (Å²) in [4.78, 5) is 22.5. The first-order valence-electron chi connectivity index (χ1n) is 10.5. The highest BCUT2D eigenvalue weighted by Gasteiger charge is 2.14. The number of benzene rings is 2. The summed E-state index contributed by atoms with van der Waals surface area (Å²) in [5.74, 6) is -0.159. The highest BCUT2D eigenvalue weighted by molar-refractivity contribution is 8.00. The van der Waals surface area contributed by atoms with Gasteiger partial charge in [-0.05, 0) is 42.5 Å². The second-order valence-corrected chi connectivity index (χ2v) is 10.7. The van der Waals surface area contributed by atoms with Gasteiger partial charge in [0.05, 0.1) is 11.3 Å². The van der Waals surface area contributed by atoms with Gasteiger partial charge in [0.1, 0.15) is 12.1 Å². The molecular weight excluding hydrogens is 438 g/mol. The van der Waals surface area contributed by atoms with Gasteiger partial charge in [0.2, 0.25) is 0 Å². The van der Waals surface area contributed by atoms with Gasteiger partial charge in [0.15, 0.2) is 0 Å². The molecule has 0 saturated heterocycles. The second kappa shape index (κ2) is 9.71. The molecule has 0 aliphatic rings. The second-order valence-electron chi connectivity index (χ2n) is 7.78. The summed E-state index contributed by atoms with van der Waals surface area (Å²) in [6, 6.07) is 15.8. The lowest BCUT2D eigenvalue weighted by Crippen LogP contribution is -2.07. The molecule has 0 amide bonds. The number of aromatic nitrogens is 2. The van der Waals surface area contributed by atoms with Crippen molar-refractivity contribution >= 4 is 45.0 Å². The molecule has 0 saturated carbocycles. The number of hydrogen-bond donors (Lipinski definition) is 2. The number of nitrogens with zero attached hydrogens (tertiary/aromatic N) is 2. The molecule has 0 fully saturated rings. The van der Waals surface area contributed by atoms with Crippen LogP contribution in [0.1, 0.15) is 34.6 Å². The van der Waals surface area contributed by atoms with Gasteiger partial charge in [-0.2, -0.15) is 0 Å². The summed E-state index contributed by atoms with van der Waals surface area (Å²) in [7, 11) is 0. The Labute approximate surface area is 195 Å². The third-order valence-electron chi connectivity index (χ3n) is 5.12. The fraction of sp³-hybridized carbons (Fsp3) is 0.240. The van der Waals surface area contributed by atoms with Crippen LogP contribution in [-0.4, -0.2) is 32.8 Å². The Morgan fingerprint density at radius 2 is 1.97 bits per heavy atom. The summed E-state index contributed by atoms with van der Waals surface area (Å²) >= 11 is 3.38. The van der Waals surface area contributed by atoms with Crippen LogP contribution in [0, 0.1) is 6.92 Å². The maximum absolute atomic E-state index is 11.6. The number of thioether (sulfide) groups is 1. The van der Waals surface area contributed by atoms with Gasteiger partial charge >= 0.3 is 5.97 Å². The van der Waals surface area contributed by atoms with Crippen LogP contribution in [0.2, 0.25) is 0 Å². The third-order valence-corrected chi connectivity index (χ3v) is 7.31. The minimum absolute atomic E-state index is 0.280. The fourth-order valence-electron chi connectivity index (χ4n) is 3.67. The van der Waals surface area contributed by atoms with Crippen LogP contribution < -0.4 is 5.32 Å². The molecule has 0 bridgehead atoms. The van der Waals surface area contributed by atoms with E-state index in [-0.39, 0.29) is 5.25 Å². The largest absolute Gasteiger partial charge is 0.478 e. The number of aryl methyl sites for hydroxylation is 1. The minimum Gasteiger partial charge on any atom is -0.478 e. The first kappa shape index (κ1) is 22.3. The molecule has 2 aromatic heterocycles. The lowest BCUT2D eigenvalue weighted by Gasteiger charge is -2.11. The molecule has 4 aromatic rings. The molecule has 5 nitrogen and oxygen atoms in total. The number of carboxylic acids is 1. The van der Waals surface area contributed by atoms with E-state index in [1.165, 1.54) is 20.5 Å². The van der Waals surface area contributed by atoms with Crippen LogP contribution in [0.25, 0.3) is 21.3 Å². The van der Waals surface area contributed by atoms with E-state index in [1.807, 2.05) is 37.3 Å². The quantitative estimate of drug-likeness (QED) is 0.290. The molecule has 2 aromatic carbocycles. The standard InChI is InChI=1S/C25H25N3O2S2/c1-15(2)31-23-12-17(8-9-20(23)25(29)30)21-13-24(28-14-27-21)26-11-10-18-16(3)32-22-7-5-4-6-19(18)22/h4-9,12-15H,10-11H2,1-3H3,(H,29,30)(H,26,27,28). The van der Waals surface area contributed by atoms with Gasteiger partial charge in [-0.25, -0.2) is 14.8 Å². The summed E-state index contributed by atoms with van der Waals surface area (Å²) in [5.41, 5.74) is 3.34. The van der Waals surface area contributed by atoms with Crippen LogP contribution in [0.15, 0.2) is 59.8 Å². The molecule has 0 aliphatic heterocycles. The predicted molar refractivity (Wildman–Crippen MR) is 134 cm³/mol. The zero-order chi connectivity index (χ0) is 22.7. The van der Waals surface area contributed by atoms with Crippen molar-refractivity contribution in [2.75, 3.05) is 11.9 Å². The molecule has 4 rings (SSSR count). The van der Waals surface area contributed by atoms with Crippen molar-refractivity contribution in [1.29, 1.82) is 0 Å². The molecule has 0 atom stereocenters. The average Bonchev–Trinajstić information content (AvgIpc) is 3.08. The Morgan fingerprint density at radius 1 is 1.16 bits per heavy atom. The Kier molecular flexibility index (Phi) is 6.77. The lowest BCUT2D eigenvalue weighted by atomic mass is 10.1. The number of rotatable bonds is 8. The van der Waals surface area contributed by atoms with E-state index in [9.17, 15) is 9.90 Å². The molecule has 0 radical (unpaired) electrons. The van der Waals surface area contributed by atoms with Crippen molar-refractivity contribution < 1.29 is 9.90 Å². The van der Waals surface area contributed by atoms with Crippen molar-refractivity contribution in [3.05, 3.63) is 70.9 Å². The van der Waals surface area contributed by atoms with Crippen LogP contribution >= 0.6 is 23.1 Å². The number of carbonyl (C=O) groups is 1. The van der Waals surface area contributed by atoms with E-state index >= 15 is 0 Å². The van der Waals surface area contributed by atoms with Crippen molar-refractivity contribution in [3.8, 4) is 11.3 Å². The summed E-state index contributed by atoms with van der Waals surface area (Å²) in [5, 5.41) is 14.5. The number of carboxylic acid groups (broad SMARTS) is 1. The number of hydrogen-bond acceptors (Lipinski definition) is 6. The molecule has 0 aliphatic carbocycles. The summed E-state index contributed by atoms with van der Waals surface area (Å²) < 4.78 is 1.32. The van der Waals surface area contributed by atoms with Crippen LogP contribution in [-0.2, 0) is 6.42 Å². The molecule has 7 heteroatoms. The number of thiophene rings is 1. The Hall–Kier alpha value is -2.90. The number of aromatic carboxylic acids is 1. The first-order chi connectivity index (χ1) is 15.4. The van der Waals surface area contributed by atoms with E-state index in [2.05, 4.69) is 46.5 Å². The highest BCUT2D eigenvalue weighted by atomic mass is 32.2. The van der Waals surface area contributed by atoms with E-state index in [4.69, 9.17) is 0 Å². The van der Waals surface area contributed by atoms with Crippen LogP contribution in [0.5, 0.6) is 0 Å². The number of nitrogens with one attached hydrogen (secondary N) is 1. The number of fused-ring (bicyclic) bond motifs is 1. The van der Waals surface area contributed by atoms with Gasteiger partial charge in [-0.3, -0.25) is 0 Å². The zero-order valence-electron chi connectivity index (χ0n) is 18.3. The fourth-order valence-corrected chi connectivity index (χ4v) is 5.77. The van der Waals surface area contributed by atoms with Crippen molar-refractivity contribution in [2.24, 2.45) is 0 Å². The van der Waals surface area contributed by atoms with E-state index in [0.29, 0.717) is 5.56 Å². The molecule has 0 unspecified atom stereocenters. The lowest BCUT2D eigenvalue weighted by molar-refractivity contribution is 0.0693. The smallest absolute Gasteiger partial charge is 0.336 e. The van der Waals surface area contributed by atoms with Crippen LogP contribution in [0.3, 0.4) is 0 Å². The van der Waals surface area contributed by atoms with Gasteiger partial charge in [-0.15, -0.1) is 23.1 Å². The topological polar surface area (TPSA) is 75.1 Å². The molecule has 32 heavy (non-hydrogen) atoms. The molecule has 2 N–H and O–H groups in total. The van der Waals surface area contributed by atoms with Gasteiger partial charge in [0.25, 0.3) is 0 Å². The van der Waals surface area contributed by atoms with Gasteiger partial charge in [0, 0.05) is 37.9 Å². The van der Waals surface area contributed by atoms with E-state index in [0.717, 1.165) is 34.9 Å². The Morgan fingerprint density at radius 3 is 2.75 bits per heavy atom.